The lowest BCUT2D eigenvalue weighted by atomic mass is 10.1. The van der Waals surface area contributed by atoms with Crippen molar-refractivity contribution >= 4 is 44.4 Å². The van der Waals surface area contributed by atoms with Crippen molar-refractivity contribution in [3.63, 3.8) is 0 Å². The van der Waals surface area contributed by atoms with Crippen molar-refractivity contribution in [3.8, 4) is 28.1 Å². The van der Waals surface area contributed by atoms with Crippen molar-refractivity contribution in [2.24, 2.45) is 0 Å². The first kappa shape index (κ1) is 30.8. The van der Waals surface area contributed by atoms with Gasteiger partial charge in [-0.05, 0) is 51.5 Å². The van der Waals surface area contributed by atoms with Crippen LogP contribution in [-0.2, 0) is 4.74 Å². The molecule has 44 heavy (non-hydrogen) atoms. The number of nitrogens with zero attached hydrogens (tertiary/aromatic N) is 4. The fourth-order valence-electron chi connectivity index (χ4n) is 4.21. The van der Waals surface area contributed by atoms with E-state index in [0.717, 1.165) is 15.8 Å². The van der Waals surface area contributed by atoms with Crippen LogP contribution in [0.25, 0.3) is 31.8 Å². The Morgan fingerprint density at radius 3 is 2.70 bits per heavy atom. The van der Waals surface area contributed by atoms with Gasteiger partial charge in [0.15, 0.2) is 11.6 Å². The third-order valence-corrected chi connectivity index (χ3v) is 7.42. The SMILES string of the molecule is COc1cnc2c(-c3nc4cc(F)c(O[C@@H](C)COC(=O)Nc5ccnc(OCCC(C)(C)O)c5)cc4s3)cc(C)cc2n1. The van der Waals surface area contributed by atoms with Crippen molar-refractivity contribution in [1.29, 1.82) is 0 Å². The Kier molecular flexibility index (Phi) is 9.06. The molecule has 0 radical (unpaired) electrons. The third kappa shape index (κ3) is 7.66. The smallest absolute Gasteiger partial charge is 0.411 e. The Morgan fingerprint density at radius 1 is 1.11 bits per heavy atom. The summed E-state index contributed by atoms with van der Waals surface area (Å²) in [5, 5.41) is 13.1. The molecule has 3 aromatic heterocycles. The topological polar surface area (TPSA) is 138 Å². The standard InChI is InChI=1S/C31H32FN5O6S/c1-17-10-20(28-23(11-17)36-27(40-5)15-34-28)29-37-22-13-21(32)24(14-25(22)44-29)43-18(2)16-42-30(38)35-19-6-8-33-26(12-19)41-9-7-31(3,4)39/h6,8,10-15,18,39H,7,9,16H2,1-5H3,(H,33,35,38)/t18-/m0/s1. The molecule has 1 amide bonds. The van der Waals surface area contributed by atoms with Crippen molar-refractivity contribution in [3.05, 3.63) is 60.2 Å². The van der Waals surface area contributed by atoms with Crippen molar-refractivity contribution in [2.45, 2.75) is 45.8 Å². The average Bonchev–Trinajstić information content (AvgIpc) is 3.37. The molecule has 3 heterocycles. The molecule has 0 spiro atoms. The predicted molar refractivity (Wildman–Crippen MR) is 165 cm³/mol. The molecule has 0 saturated heterocycles. The van der Waals surface area contributed by atoms with Crippen LogP contribution in [0.1, 0.15) is 32.8 Å². The summed E-state index contributed by atoms with van der Waals surface area (Å²) in [5.74, 6) is 0.140. The average molecular weight is 622 g/mol. The summed E-state index contributed by atoms with van der Waals surface area (Å²) >= 11 is 1.38. The lowest BCUT2D eigenvalue weighted by Gasteiger charge is -2.17. The van der Waals surface area contributed by atoms with E-state index >= 15 is 4.39 Å². The molecule has 0 unspecified atom stereocenters. The minimum atomic E-state index is -0.863. The van der Waals surface area contributed by atoms with Crippen LogP contribution in [-0.4, -0.2) is 63.2 Å². The van der Waals surface area contributed by atoms with Gasteiger partial charge in [-0.2, -0.15) is 0 Å². The Balaban J connectivity index is 1.22. The molecule has 5 rings (SSSR count). The molecule has 11 nitrogen and oxygen atoms in total. The van der Waals surface area contributed by atoms with Crippen LogP contribution in [0.3, 0.4) is 0 Å². The maximum atomic E-state index is 15.0. The first-order valence-corrected chi connectivity index (χ1v) is 14.6. The summed E-state index contributed by atoms with van der Waals surface area (Å²) < 4.78 is 37.6. The minimum Gasteiger partial charge on any atom is -0.484 e. The second-order valence-corrected chi connectivity index (χ2v) is 11.8. The molecule has 0 fully saturated rings. The number of anilines is 1. The number of thiazole rings is 1. The summed E-state index contributed by atoms with van der Waals surface area (Å²) in [5.41, 5.74) is 3.13. The number of halogens is 1. The summed E-state index contributed by atoms with van der Waals surface area (Å²) in [7, 11) is 1.54. The van der Waals surface area contributed by atoms with E-state index in [9.17, 15) is 9.90 Å². The third-order valence-electron chi connectivity index (χ3n) is 6.37. The van der Waals surface area contributed by atoms with Gasteiger partial charge >= 0.3 is 6.09 Å². The van der Waals surface area contributed by atoms with Gasteiger partial charge in [0.2, 0.25) is 11.8 Å². The Hall–Kier alpha value is -4.62. The summed E-state index contributed by atoms with van der Waals surface area (Å²) in [6.07, 6.45) is 2.08. The number of nitrogens with one attached hydrogen (secondary N) is 1. The molecule has 5 aromatic rings. The number of aliphatic hydroxyl groups is 1. The van der Waals surface area contributed by atoms with Gasteiger partial charge in [-0.1, -0.05) is 0 Å². The van der Waals surface area contributed by atoms with E-state index in [1.807, 2.05) is 19.1 Å². The molecule has 230 valence electrons. The summed E-state index contributed by atoms with van der Waals surface area (Å²) in [6.45, 7) is 7.13. The first-order chi connectivity index (χ1) is 21.0. The van der Waals surface area contributed by atoms with E-state index < -0.39 is 23.6 Å². The number of rotatable bonds is 11. The number of carbonyl (C=O) groups excluding carboxylic acids is 1. The van der Waals surface area contributed by atoms with Gasteiger partial charge in [-0.3, -0.25) is 5.32 Å². The number of ether oxygens (including phenoxy) is 4. The van der Waals surface area contributed by atoms with Crippen molar-refractivity contribution in [2.75, 3.05) is 25.6 Å². The van der Waals surface area contributed by atoms with Gasteiger partial charge in [0.1, 0.15) is 17.7 Å². The summed E-state index contributed by atoms with van der Waals surface area (Å²) in [6, 6.07) is 9.93. The Bertz CT molecular complexity index is 1810. The van der Waals surface area contributed by atoms with Crippen LogP contribution >= 0.6 is 11.3 Å². The molecule has 0 aliphatic heterocycles. The second-order valence-electron chi connectivity index (χ2n) is 10.8. The van der Waals surface area contributed by atoms with Crippen LogP contribution in [0.4, 0.5) is 14.9 Å². The fourth-order valence-corrected chi connectivity index (χ4v) is 5.21. The van der Waals surface area contributed by atoms with E-state index in [1.165, 1.54) is 30.7 Å². The lowest BCUT2D eigenvalue weighted by Crippen LogP contribution is -2.24. The Morgan fingerprint density at radius 2 is 1.93 bits per heavy atom. The minimum absolute atomic E-state index is 0.0183. The molecular weight excluding hydrogens is 589 g/mol. The molecule has 0 saturated carbocycles. The molecule has 2 aromatic carbocycles. The van der Waals surface area contributed by atoms with Crippen molar-refractivity contribution < 1.29 is 33.2 Å². The number of aromatic nitrogens is 4. The molecule has 13 heteroatoms. The number of carbonyl (C=O) groups is 1. The van der Waals surface area contributed by atoms with Gasteiger partial charge in [0.25, 0.3) is 0 Å². The van der Waals surface area contributed by atoms with E-state index in [4.69, 9.17) is 18.9 Å². The molecule has 1 atom stereocenters. The number of fused-ring (bicyclic) bond motifs is 2. The van der Waals surface area contributed by atoms with Crippen LogP contribution in [0, 0.1) is 12.7 Å². The molecule has 0 bridgehead atoms. The predicted octanol–water partition coefficient (Wildman–Crippen LogP) is 6.31. The van der Waals surface area contributed by atoms with Crippen LogP contribution < -0.4 is 19.5 Å². The van der Waals surface area contributed by atoms with E-state index in [0.29, 0.717) is 45.4 Å². The number of amides is 1. The number of methoxy groups -OCH3 is 1. The monoisotopic (exact) mass is 621 g/mol. The number of benzene rings is 2. The Labute approximate surface area is 257 Å². The highest BCUT2D eigenvalue weighted by Gasteiger charge is 2.18. The molecular formula is C31H32FN5O6S. The van der Waals surface area contributed by atoms with Crippen molar-refractivity contribution in [1.82, 2.24) is 19.9 Å². The maximum absolute atomic E-state index is 15.0. The number of hydrogen-bond donors (Lipinski definition) is 2. The van der Waals surface area contributed by atoms with Crippen LogP contribution in [0.5, 0.6) is 17.5 Å². The molecule has 2 N–H and O–H groups in total. The highest BCUT2D eigenvalue weighted by molar-refractivity contribution is 7.21. The summed E-state index contributed by atoms with van der Waals surface area (Å²) in [4.78, 5) is 30.1. The van der Waals surface area contributed by atoms with E-state index in [-0.39, 0.29) is 19.0 Å². The van der Waals surface area contributed by atoms with Crippen LogP contribution in [0.2, 0.25) is 0 Å². The van der Waals surface area contributed by atoms with Crippen LogP contribution in [0.15, 0.2) is 48.8 Å². The molecule has 0 aliphatic rings. The zero-order valence-corrected chi connectivity index (χ0v) is 25.7. The zero-order chi connectivity index (χ0) is 31.4. The lowest BCUT2D eigenvalue weighted by molar-refractivity contribution is 0.0547. The van der Waals surface area contributed by atoms with Gasteiger partial charge in [0.05, 0.1) is 52.5 Å². The van der Waals surface area contributed by atoms with Gasteiger partial charge in [-0.25, -0.2) is 29.1 Å². The largest absolute Gasteiger partial charge is 0.484 e. The maximum Gasteiger partial charge on any atom is 0.411 e. The highest BCUT2D eigenvalue weighted by Crippen LogP contribution is 2.37. The van der Waals surface area contributed by atoms with E-state index in [2.05, 4.69) is 25.3 Å². The molecule has 0 aliphatic carbocycles. The van der Waals surface area contributed by atoms with Gasteiger partial charge in [-0.15, -0.1) is 11.3 Å². The first-order valence-electron chi connectivity index (χ1n) is 13.8. The number of aryl methyl sites for hydroxylation is 1. The van der Waals surface area contributed by atoms with Gasteiger partial charge in [0, 0.05) is 36.4 Å². The fraction of sp³-hybridized carbons (Fsp3) is 0.323. The van der Waals surface area contributed by atoms with E-state index in [1.54, 1.807) is 45.2 Å². The highest BCUT2D eigenvalue weighted by atomic mass is 32.1. The second kappa shape index (κ2) is 12.9. The normalized spacial score (nSPS) is 12.2. The zero-order valence-electron chi connectivity index (χ0n) is 24.9. The number of hydrogen-bond acceptors (Lipinski definition) is 11. The quantitative estimate of drug-likeness (QED) is 0.172. The number of pyridine rings is 1. The van der Waals surface area contributed by atoms with Gasteiger partial charge < -0.3 is 24.1 Å².